The Morgan fingerprint density at radius 3 is 2.12 bits per heavy atom. The van der Waals surface area contributed by atoms with Gasteiger partial charge in [0.05, 0.1) is 0 Å². The molecule has 1 fully saturated rings. The van der Waals surface area contributed by atoms with E-state index >= 15 is 0 Å². The van der Waals surface area contributed by atoms with E-state index in [4.69, 9.17) is 0 Å². The number of nitrogens with one attached hydrogen (secondary N) is 2. The van der Waals surface area contributed by atoms with E-state index in [9.17, 15) is 9.59 Å². The van der Waals surface area contributed by atoms with Crippen LogP contribution in [-0.2, 0) is 9.59 Å². The van der Waals surface area contributed by atoms with Crippen LogP contribution in [0.5, 0.6) is 0 Å². The minimum atomic E-state index is -0.387. The molecule has 0 radical (unpaired) electrons. The van der Waals surface area contributed by atoms with Gasteiger partial charge in [0.2, 0.25) is 11.8 Å². The van der Waals surface area contributed by atoms with E-state index in [1.807, 2.05) is 13.8 Å². The molecule has 0 aromatic carbocycles. The lowest BCUT2D eigenvalue weighted by Crippen LogP contribution is -2.63. The van der Waals surface area contributed by atoms with E-state index in [0.29, 0.717) is 6.42 Å². The molecule has 1 aliphatic heterocycles. The first-order chi connectivity index (χ1) is 7.20. The van der Waals surface area contributed by atoms with Gasteiger partial charge >= 0.3 is 0 Å². The molecule has 1 rings (SSSR count). The Morgan fingerprint density at radius 1 is 1.12 bits per heavy atom. The summed E-state index contributed by atoms with van der Waals surface area (Å²) >= 11 is 0. The first-order valence-corrected chi connectivity index (χ1v) is 5.81. The lowest BCUT2D eigenvalue weighted by atomic mass is 9.86. The van der Waals surface area contributed by atoms with Crippen molar-refractivity contribution in [1.82, 2.24) is 10.6 Å². The zero-order valence-electron chi connectivity index (χ0n) is 10.8. The maximum Gasteiger partial charge on any atom is 0.243 e. The van der Waals surface area contributed by atoms with E-state index in [0.717, 1.165) is 0 Å². The summed E-state index contributed by atoms with van der Waals surface area (Å²) in [5.74, 6) is -0.00314. The summed E-state index contributed by atoms with van der Waals surface area (Å²) in [5, 5.41) is 5.59. The number of hydrogen-bond acceptors (Lipinski definition) is 2. The second kappa shape index (κ2) is 4.44. The minimum Gasteiger partial charge on any atom is -0.342 e. The van der Waals surface area contributed by atoms with Gasteiger partial charge in [-0.15, -0.1) is 0 Å². The highest BCUT2D eigenvalue weighted by atomic mass is 16.2. The van der Waals surface area contributed by atoms with Crippen molar-refractivity contribution >= 4 is 11.8 Å². The highest BCUT2D eigenvalue weighted by Gasteiger charge is 2.36. The quantitative estimate of drug-likeness (QED) is 0.739. The Kier molecular flexibility index (Phi) is 3.61. The second-order valence-electron chi connectivity index (χ2n) is 6.06. The summed E-state index contributed by atoms with van der Waals surface area (Å²) in [7, 11) is 0. The largest absolute Gasteiger partial charge is 0.342 e. The molecule has 1 saturated heterocycles. The van der Waals surface area contributed by atoms with Crippen molar-refractivity contribution in [3.8, 4) is 0 Å². The van der Waals surface area contributed by atoms with Crippen LogP contribution in [0.2, 0.25) is 0 Å². The number of rotatable bonds is 2. The highest BCUT2D eigenvalue weighted by molar-refractivity contribution is 5.97. The molecule has 0 aliphatic carbocycles. The molecular formula is C12H22N2O2. The third-order valence-corrected chi connectivity index (χ3v) is 2.70. The normalized spacial score (nSPS) is 26.6. The molecule has 2 N–H and O–H groups in total. The van der Waals surface area contributed by atoms with Crippen LogP contribution < -0.4 is 10.6 Å². The van der Waals surface area contributed by atoms with E-state index in [-0.39, 0.29) is 35.2 Å². The monoisotopic (exact) mass is 226 g/mol. The van der Waals surface area contributed by atoms with Crippen LogP contribution in [0.1, 0.15) is 41.0 Å². The number of amides is 2. The zero-order valence-corrected chi connectivity index (χ0v) is 10.8. The molecule has 4 nitrogen and oxygen atoms in total. The Morgan fingerprint density at radius 2 is 1.69 bits per heavy atom. The van der Waals surface area contributed by atoms with Crippen LogP contribution in [0.25, 0.3) is 0 Å². The fraction of sp³-hybridized carbons (Fsp3) is 0.833. The molecule has 0 unspecified atom stereocenters. The van der Waals surface area contributed by atoms with Crippen LogP contribution in [0.15, 0.2) is 0 Å². The smallest absolute Gasteiger partial charge is 0.243 e. The van der Waals surface area contributed by atoms with E-state index in [1.54, 1.807) is 0 Å². The van der Waals surface area contributed by atoms with Gasteiger partial charge in [0, 0.05) is 0 Å². The first-order valence-electron chi connectivity index (χ1n) is 5.81. The summed E-state index contributed by atoms with van der Waals surface area (Å²) in [4.78, 5) is 23.6. The number of piperazine rings is 1. The van der Waals surface area contributed by atoms with Crippen molar-refractivity contribution in [2.45, 2.75) is 53.1 Å². The predicted octanol–water partition coefficient (Wildman–Crippen LogP) is 1.06. The molecule has 2 amide bonds. The SMILES string of the molecule is CC(C)[C@@H]1NC(=O)[C@H](CC(C)(C)C)NC1=O. The van der Waals surface area contributed by atoms with Crippen molar-refractivity contribution in [2.24, 2.45) is 11.3 Å². The van der Waals surface area contributed by atoms with Crippen molar-refractivity contribution in [3.63, 3.8) is 0 Å². The molecule has 1 aliphatic rings. The van der Waals surface area contributed by atoms with E-state index in [2.05, 4.69) is 31.4 Å². The predicted molar refractivity (Wildman–Crippen MR) is 62.8 cm³/mol. The molecular weight excluding hydrogens is 204 g/mol. The van der Waals surface area contributed by atoms with Gasteiger partial charge in [-0.3, -0.25) is 9.59 Å². The average Bonchev–Trinajstić information content (AvgIpc) is 2.07. The van der Waals surface area contributed by atoms with Gasteiger partial charge in [-0.1, -0.05) is 34.6 Å². The van der Waals surface area contributed by atoms with Crippen LogP contribution >= 0.6 is 0 Å². The highest BCUT2D eigenvalue weighted by Crippen LogP contribution is 2.22. The van der Waals surface area contributed by atoms with Crippen molar-refractivity contribution in [3.05, 3.63) is 0 Å². The maximum absolute atomic E-state index is 11.8. The Bertz CT molecular complexity index is 292. The van der Waals surface area contributed by atoms with Crippen molar-refractivity contribution < 1.29 is 9.59 Å². The van der Waals surface area contributed by atoms with Gasteiger partial charge in [0.1, 0.15) is 12.1 Å². The molecule has 2 atom stereocenters. The molecule has 16 heavy (non-hydrogen) atoms. The summed E-state index contributed by atoms with van der Waals surface area (Å²) in [6.45, 7) is 10.0. The Hall–Kier alpha value is -1.06. The van der Waals surface area contributed by atoms with Gasteiger partial charge in [0.15, 0.2) is 0 Å². The van der Waals surface area contributed by atoms with Gasteiger partial charge < -0.3 is 10.6 Å². The van der Waals surface area contributed by atoms with E-state index in [1.165, 1.54) is 0 Å². The van der Waals surface area contributed by atoms with Crippen LogP contribution in [-0.4, -0.2) is 23.9 Å². The van der Waals surface area contributed by atoms with Crippen LogP contribution in [0.4, 0.5) is 0 Å². The lowest BCUT2D eigenvalue weighted by molar-refractivity contribution is -0.138. The molecule has 0 saturated carbocycles. The van der Waals surface area contributed by atoms with Crippen LogP contribution in [0, 0.1) is 11.3 Å². The maximum atomic E-state index is 11.8. The molecule has 0 bridgehead atoms. The first kappa shape index (κ1) is 13.0. The number of carbonyl (C=O) groups excluding carboxylic acids is 2. The van der Waals surface area contributed by atoms with Gasteiger partial charge in [-0.2, -0.15) is 0 Å². The topological polar surface area (TPSA) is 58.2 Å². The van der Waals surface area contributed by atoms with Crippen molar-refractivity contribution in [2.75, 3.05) is 0 Å². The van der Waals surface area contributed by atoms with Gasteiger partial charge in [0.25, 0.3) is 0 Å². The Labute approximate surface area is 97.2 Å². The lowest BCUT2D eigenvalue weighted by Gasteiger charge is -2.34. The third kappa shape index (κ3) is 3.22. The standard InChI is InChI=1S/C12H22N2O2/c1-7(2)9-11(16)13-8(10(15)14-9)6-12(3,4)5/h7-9H,6H2,1-5H3,(H,13,16)(H,14,15)/t8-,9-/m0/s1. The zero-order chi connectivity index (χ0) is 12.5. The average molecular weight is 226 g/mol. The summed E-state index contributed by atoms with van der Waals surface area (Å²) in [6.07, 6.45) is 0.662. The molecule has 0 spiro atoms. The second-order valence-corrected chi connectivity index (χ2v) is 6.06. The summed E-state index contributed by atoms with van der Waals surface area (Å²) < 4.78 is 0. The summed E-state index contributed by atoms with van der Waals surface area (Å²) in [5.41, 5.74) is 0.0277. The van der Waals surface area contributed by atoms with Gasteiger partial charge in [-0.25, -0.2) is 0 Å². The van der Waals surface area contributed by atoms with Gasteiger partial charge in [-0.05, 0) is 17.8 Å². The number of carbonyl (C=O) groups is 2. The number of hydrogen-bond donors (Lipinski definition) is 2. The molecule has 0 aromatic heterocycles. The molecule has 4 heteroatoms. The molecule has 0 aromatic rings. The molecule has 92 valence electrons. The minimum absolute atomic E-state index is 0.0277. The fourth-order valence-electron chi connectivity index (χ4n) is 1.87. The Balaban J connectivity index is 2.68. The third-order valence-electron chi connectivity index (χ3n) is 2.70. The molecule has 1 heterocycles. The van der Waals surface area contributed by atoms with E-state index < -0.39 is 0 Å². The summed E-state index contributed by atoms with van der Waals surface area (Å²) in [6, 6.07) is -0.772. The van der Waals surface area contributed by atoms with Crippen LogP contribution in [0.3, 0.4) is 0 Å². The fourth-order valence-corrected chi connectivity index (χ4v) is 1.87. The van der Waals surface area contributed by atoms with Crippen molar-refractivity contribution in [1.29, 1.82) is 0 Å².